The molecule has 0 aromatic heterocycles. The molecular formula is C23H34. The Morgan fingerprint density at radius 3 is 2.17 bits per heavy atom. The van der Waals surface area contributed by atoms with Gasteiger partial charge in [-0.25, -0.2) is 0 Å². The molecule has 126 valence electrons. The Balaban J connectivity index is 1.67. The van der Waals surface area contributed by atoms with Crippen LogP contribution in [-0.2, 0) is 6.42 Å². The molecule has 1 unspecified atom stereocenters. The maximum Gasteiger partial charge on any atom is -0.0152 e. The van der Waals surface area contributed by atoms with Gasteiger partial charge in [-0.1, -0.05) is 114 Å². The Morgan fingerprint density at radius 1 is 0.739 bits per heavy atom. The highest BCUT2D eigenvalue weighted by atomic mass is 14.1. The molecule has 2 rings (SSSR count). The van der Waals surface area contributed by atoms with Crippen LogP contribution in [-0.4, -0.2) is 0 Å². The van der Waals surface area contributed by atoms with Gasteiger partial charge in [0.25, 0.3) is 0 Å². The molecule has 0 aliphatic heterocycles. The molecule has 0 bridgehead atoms. The Morgan fingerprint density at radius 2 is 1.39 bits per heavy atom. The van der Waals surface area contributed by atoms with Gasteiger partial charge in [0.1, 0.15) is 0 Å². The van der Waals surface area contributed by atoms with Crippen LogP contribution in [0.15, 0.2) is 42.5 Å². The minimum absolute atomic E-state index is 0.792. The highest BCUT2D eigenvalue weighted by Gasteiger charge is 2.06. The van der Waals surface area contributed by atoms with Crippen LogP contribution in [0.1, 0.15) is 77.2 Å². The number of rotatable bonds is 11. The molecule has 0 saturated carbocycles. The third-order valence-corrected chi connectivity index (χ3v) is 5.00. The molecule has 0 heteroatoms. The average molecular weight is 311 g/mol. The van der Waals surface area contributed by atoms with Gasteiger partial charge in [0, 0.05) is 0 Å². The summed E-state index contributed by atoms with van der Waals surface area (Å²) in [4.78, 5) is 0. The second-order valence-electron chi connectivity index (χ2n) is 7.21. The van der Waals surface area contributed by atoms with E-state index in [-0.39, 0.29) is 0 Å². The summed E-state index contributed by atoms with van der Waals surface area (Å²) in [5.41, 5.74) is 1.52. The van der Waals surface area contributed by atoms with E-state index < -0.39 is 0 Å². The second kappa shape index (κ2) is 10.5. The van der Waals surface area contributed by atoms with Crippen molar-refractivity contribution in [3.63, 3.8) is 0 Å². The van der Waals surface area contributed by atoms with Crippen LogP contribution in [0.2, 0.25) is 0 Å². The van der Waals surface area contributed by atoms with Gasteiger partial charge in [0.2, 0.25) is 0 Å². The van der Waals surface area contributed by atoms with Gasteiger partial charge >= 0.3 is 0 Å². The van der Waals surface area contributed by atoms with Crippen molar-refractivity contribution in [2.75, 3.05) is 0 Å². The third-order valence-electron chi connectivity index (χ3n) is 5.00. The van der Waals surface area contributed by atoms with Crippen LogP contribution >= 0.6 is 0 Å². The molecule has 0 heterocycles. The van der Waals surface area contributed by atoms with Crippen molar-refractivity contribution in [2.24, 2.45) is 5.92 Å². The van der Waals surface area contributed by atoms with Crippen molar-refractivity contribution in [1.82, 2.24) is 0 Å². The van der Waals surface area contributed by atoms with E-state index in [1.165, 1.54) is 80.5 Å². The van der Waals surface area contributed by atoms with Crippen molar-refractivity contribution in [3.05, 3.63) is 48.0 Å². The van der Waals surface area contributed by atoms with Crippen LogP contribution in [0, 0.1) is 5.92 Å². The van der Waals surface area contributed by atoms with Crippen molar-refractivity contribution in [2.45, 2.75) is 78.1 Å². The average Bonchev–Trinajstić information content (AvgIpc) is 2.57. The lowest BCUT2D eigenvalue weighted by atomic mass is 9.92. The van der Waals surface area contributed by atoms with E-state index in [1.54, 1.807) is 0 Å². The minimum atomic E-state index is 0.792. The maximum absolute atomic E-state index is 2.42. The summed E-state index contributed by atoms with van der Waals surface area (Å²) in [6.45, 7) is 4.71. The van der Waals surface area contributed by atoms with E-state index in [1.807, 2.05) is 0 Å². The summed E-state index contributed by atoms with van der Waals surface area (Å²) in [5, 5.41) is 2.82. The maximum atomic E-state index is 2.42. The first-order chi connectivity index (χ1) is 11.3. The zero-order valence-corrected chi connectivity index (χ0v) is 15.2. The molecule has 0 amide bonds. The highest BCUT2D eigenvalue weighted by molar-refractivity contribution is 5.85. The summed E-state index contributed by atoms with van der Waals surface area (Å²) in [7, 11) is 0. The topological polar surface area (TPSA) is 0 Å². The Kier molecular flexibility index (Phi) is 8.21. The summed E-state index contributed by atoms with van der Waals surface area (Å²) in [5.74, 6) is 0.792. The standard InChI is InChI=1S/C23H34/c1-3-4-5-6-7-8-9-10-14-20(2)19-22-17-13-16-21-15-11-12-18-23(21)22/h11-13,15-18,20H,3-10,14,19H2,1-2H3. The Labute approximate surface area is 143 Å². The van der Waals surface area contributed by atoms with Crippen molar-refractivity contribution in [3.8, 4) is 0 Å². The van der Waals surface area contributed by atoms with E-state index in [0.717, 1.165) is 5.92 Å². The molecule has 23 heavy (non-hydrogen) atoms. The number of unbranched alkanes of at least 4 members (excludes halogenated alkanes) is 7. The molecule has 0 radical (unpaired) electrons. The van der Waals surface area contributed by atoms with Gasteiger partial charge in [-0.15, -0.1) is 0 Å². The fourth-order valence-electron chi connectivity index (χ4n) is 3.57. The fourth-order valence-corrected chi connectivity index (χ4v) is 3.57. The minimum Gasteiger partial charge on any atom is -0.0654 e. The lowest BCUT2D eigenvalue weighted by molar-refractivity contribution is 0.479. The van der Waals surface area contributed by atoms with Crippen molar-refractivity contribution in [1.29, 1.82) is 0 Å². The number of hydrogen-bond donors (Lipinski definition) is 0. The molecule has 0 fully saturated rings. The quantitative estimate of drug-likeness (QED) is 0.376. The van der Waals surface area contributed by atoms with Crippen molar-refractivity contribution >= 4 is 10.8 Å². The summed E-state index contributed by atoms with van der Waals surface area (Å²) >= 11 is 0. The highest BCUT2D eigenvalue weighted by Crippen LogP contribution is 2.23. The second-order valence-corrected chi connectivity index (χ2v) is 7.21. The van der Waals surface area contributed by atoms with Crippen LogP contribution in [0.5, 0.6) is 0 Å². The van der Waals surface area contributed by atoms with E-state index in [9.17, 15) is 0 Å². The predicted octanol–water partition coefficient (Wildman–Crippen LogP) is 7.55. The van der Waals surface area contributed by atoms with Gasteiger partial charge < -0.3 is 0 Å². The molecule has 0 spiro atoms. The predicted molar refractivity (Wildman–Crippen MR) is 104 cm³/mol. The molecule has 0 saturated heterocycles. The van der Waals surface area contributed by atoms with E-state index in [0.29, 0.717) is 0 Å². The molecule has 0 N–H and O–H groups in total. The molecular weight excluding hydrogens is 276 g/mol. The van der Waals surface area contributed by atoms with Gasteiger partial charge in [-0.05, 0) is 28.7 Å². The van der Waals surface area contributed by atoms with E-state index in [4.69, 9.17) is 0 Å². The molecule has 0 nitrogen and oxygen atoms in total. The Hall–Kier alpha value is -1.30. The van der Waals surface area contributed by atoms with Crippen LogP contribution in [0.25, 0.3) is 10.8 Å². The molecule has 2 aromatic rings. The summed E-state index contributed by atoms with van der Waals surface area (Å²) in [6, 6.07) is 15.5. The molecule has 0 aliphatic carbocycles. The van der Waals surface area contributed by atoms with Gasteiger partial charge in [-0.2, -0.15) is 0 Å². The van der Waals surface area contributed by atoms with Crippen molar-refractivity contribution < 1.29 is 0 Å². The number of hydrogen-bond acceptors (Lipinski definition) is 0. The monoisotopic (exact) mass is 310 g/mol. The normalized spacial score (nSPS) is 12.6. The largest absolute Gasteiger partial charge is 0.0654 e. The smallest absolute Gasteiger partial charge is 0.0152 e. The van der Waals surface area contributed by atoms with Gasteiger partial charge in [0.05, 0.1) is 0 Å². The van der Waals surface area contributed by atoms with Gasteiger partial charge in [0.15, 0.2) is 0 Å². The van der Waals surface area contributed by atoms with Crippen LogP contribution in [0.3, 0.4) is 0 Å². The summed E-state index contributed by atoms with van der Waals surface area (Å²) < 4.78 is 0. The Bertz CT molecular complexity index is 549. The third kappa shape index (κ3) is 6.37. The first-order valence-electron chi connectivity index (χ1n) is 9.78. The number of benzene rings is 2. The van der Waals surface area contributed by atoms with E-state index >= 15 is 0 Å². The first kappa shape index (κ1) is 18.0. The lowest BCUT2D eigenvalue weighted by Crippen LogP contribution is -2.00. The fraction of sp³-hybridized carbons (Fsp3) is 0.565. The zero-order chi connectivity index (χ0) is 16.3. The molecule has 0 aliphatic rings. The van der Waals surface area contributed by atoms with Crippen LogP contribution in [0.4, 0.5) is 0 Å². The van der Waals surface area contributed by atoms with E-state index in [2.05, 4.69) is 56.3 Å². The number of fused-ring (bicyclic) bond motifs is 1. The first-order valence-corrected chi connectivity index (χ1v) is 9.78. The summed E-state index contributed by atoms with van der Waals surface area (Å²) in [6.07, 6.45) is 13.9. The van der Waals surface area contributed by atoms with Gasteiger partial charge in [-0.3, -0.25) is 0 Å². The lowest BCUT2D eigenvalue weighted by Gasteiger charge is -2.13. The van der Waals surface area contributed by atoms with Crippen LogP contribution < -0.4 is 0 Å². The molecule has 2 aromatic carbocycles. The zero-order valence-electron chi connectivity index (χ0n) is 15.2. The molecule has 1 atom stereocenters. The SMILES string of the molecule is CCCCCCCCCCC(C)Cc1cccc2ccccc12.